The van der Waals surface area contributed by atoms with Gasteiger partial charge in [-0.3, -0.25) is 5.43 Å². The number of nitrogens with zero attached hydrogens (tertiary/aromatic N) is 2. The first-order chi connectivity index (χ1) is 10.8. The number of hydrazine groups is 1. The zero-order valence-electron chi connectivity index (χ0n) is 11.6. The number of amides is 2. The molecule has 0 saturated heterocycles. The second kappa shape index (κ2) is 6.71. The van der Waals surface area contributed by atoms with E-state index in [2.05, 4.69) is 22.1 Å². The Labute approximate surface area is 132 Å². The number of hydrazone groups is 1. The van der Waals surface area contributed by atoms with Crippen LogP contribution >= 0.6 is 11.8 Å². The van der Waals surface area contributed by atoms with Crippen LogP contribution in [0.1, 0.15) is 12.8 Å². The van der Waals surface area contributed by atoms with Crippen molar-refractivity contribution in [3.05, 3.63) is 48.3 Å². The van der Waals surface area contributed by atoms with Gasteiger partial charge in [0.1, 0.15) is 29.9 Å². The number of rotatable bonds is 3. The number of nitrogens with two attached hydrogens (primary N) is 1. The fourth-order valence-corrected chi connectivity index (χ4v) is 3.40. The van der Waals surface area contributed by atoms with Gasteiger partial charge in [0, 0.05) is 0 Å². The zero-order chi connectivity index (χ0) is 15.4. The highest BCUT2D eigenvalue weighted by Crippen LogP contribution is 2.40. The lowest BCUT2D eigenvalue weighted by Gasteiger charge is -2.31. The van der Waals surface area contributed by atoms with Gasteiger partial charge in [-0.1, -0.05) is 35.6 Å². The Morgan fingerprint density at radius 1 is 1.59 bits per heavy atom. The van der Waals surface area contributed by atoms with Crippen LogP contribution < -0.4 is 11.3 Å². The number of urea groups is 1. The van der Waals surface area contributed by atoms with Gasteiger partial charge in [0.15, 0.2) is 5.55 Å². The highest BCUT2D eigenvalue weighted by Gasteiger charge is 2.40. The van der Waals surface area contributed by atoms with E-state index in [9.17, 15) is 4.79 Å². The second-order valence-electron chi connectivity index (χ2n) is 4.73. The number of allylic oxidation sites excluding steroid dienone is 3. The lowest BCUT2D eigenvalue weighted by Crippen LogP contribution is -2.46. The summed E-state index contributed by atoms with van der Waals surface area (Å²) in [5.41, 5.74) is 6.00. The Bertz CT molecular complexity index is 597. The minimum absolute atomic E-state index is 0.198. The lowest BCUT2D eigenvalue weighted by atomic mass is 9.90. The molecule has 0 aromatic carbocycles. The summed E-state index contributed by atoms with van der Waals surface area (Å²) >= 11 is 1.32. The van der Waals surface area contributed by atoms with Gasteiger partial charge in [-0.15, -0.1) is 0 Å². The SMILES string of the molecule is NNC(=O)N1N=[C]SC1C(C1=CC=CCC1)C1=COC=CO1. The molecule has 1 radical (unpaired) electrons. The predicted molar refractivity (Wildman–Crippen MR) is 82.7 cm³/mol. The van der Waals surface area contributed by atoms with Crippen molar-refractivity contribution in [2.75, 3.05) is 0 Å². The van der Waals surface area contributed by atoms with Crippen LogP contribution in [0.5, 0.6) is 0 Å². The van der Waals surface area contributed by atoms with Crippen molar-refractivity contribution in [2.24, 2.45) is 16.9 Å². The highest BCUT2D eigenvalue weighted by atomic mass is 32.2. The molecule has 0 aromatic rings. The minimum Gasteiger partial charge on any atom is -0.466 e. The quantitative estimate of drug-likeness (QED) is 0.472. The number of ether oxygens (including phenoxy) is 2. The Hall–Kier alpha value is -2.19. The van der Waals surface area contributed by atoms with Crippen molar-refractivity contribution >= 4 is 23.3 Å². The van der Waals surface area contributed by atoms with E-state index < -0.39 is 6.03 Å². The Balaban J connectivity index is 1.91. The Morgan fingerprint density at radius 3 is 3.18 bits per heavy atom. The van der Waals surface area contributed by atoms with E-state index in [1.807, 2.05) is 12.2 Å². The van der Waals surface area contributed by atoms with Crippen LogP contribution in [0.2, 0.25) is 0 Å². The fraction of sp³-hybridized carbons (Fsp3) is 0.286. The first-order valence-electron chi connectivity index (χ1n) is 6.75. The van der Waals surface area contributed by atoms with E-state index in [-0.39, 0.29) is 11.3 Å². The largest absolute Gasteiger partial charge is 0.466 e. The third kappa shape index (κ3) is 2.88. The maximum atomic E-state index is 11.9. The second-order valence-corrected chi connectivity index (χ2v) is 5.63. The molecule has 2 heterocycles. The summed E-state index contributed by atoms with van der Waals surface area (Å²) in [6, 6.07) is -0.493. The normalized spacial score (nSPS) is 24.2. The number of nitrogens with one attached hydrogen (secondary N) is 1. The molecule has 22 heavy (non-hydrogen) atoms. The molecular weight excluding hydrogens is 304 g/mol. The Kier molecular flexibility index (Phi) is 4.50. The number of hydrogen-bond acceptors (Lipinski definition) is 6. The number of thioether (sulfide) groups is 1. The summed E-state index contributed by atoms with van der Waals surface area (Å²) in [6.07, 6.45) is 12.4. The van der Waals surface area contributed by atoms with Crippen molar-refractivity contribution in [1.29, 1.82) is 0 Å². The van der Waals surface area contributed by atoms with Crippen LogP contribution in [-0.2, 0) is 9.47 Å². The first kappa shape index (κ1) is 14.7. The molecule has 0 bridgehead atoms. The van der Waals surface area contributed by atoms with Gasteiger partial charge in [0.2, 0.25) is 0 Å². The molecule has 3 N–H and O–H groups in total. The summed E-state index contributed by atoms with van der Waals surface area (Å²) in [6.45, 7) is 0. The van der Waals surface area contributed by atoms with Gasteiger partial charge in [-0.2, -0.15) is 10.1 Å². The van der Waals surface area contributed by atoms with E-state index in [4.69, 9.17) is 15.3 Å². The molecule has 7 nitrogen and oxygen atoms in total. The number of hydrogen-bond donors (Lipinski definition) is 2. The van der Waals surface area contributed by atoms with Gasteiger partial charge >= 0.3 is 6.03 Å². The van der Waals surface area contributed by atoms with Gasteiger partial charge in [-0.05, 0) is 12.8 Å². The molecule has 2 atom stereocenters. The van der Waals surface area contributed by atoms with Crippen LogP contribution in [0.25, 0.3) is 0 Å². The van der Waals surface area contributed by atoms with Crippen molar-refractivity contribution in [3.8, 4) is 0 Å². The standard InChI is InChI=1S/C14H15N4O3S/c15-17-14(19)18-13(22-9-16-18)12(10-4-2-1-3-5-10)11-8-20-6-7-21-11/h1-2,4,6-8,12-13H,3,5,15H2,(H,17,19). The van der Waals surface area contributed by atoms with E-state index >= 15 is 0 Å². The van der Waals surface area contributed by atoms with Crippen molar-refractivity contribution in [1.82, 2.24) is 10.4 Å². The molecule has 115 valence electrons. The zero-order valence-corrected chi connectivity index (χ0v) is 12.5. The summed E-state index contributed by atoms with van der Waals surface area (Å²) in [5, 5.41) is 4.91. The molecule has 0 spiro atoms. The van der Waals surface area contributed by atoms with Crippen molar-refractivity contribution < 1.29 is 14.3 Å². The number of carbonyl (C=O) groups excluding carboxylic acids is 1. The summed E-state index contributed by atoms with van der Waals surface area (Å²) < 4.78 is 10.8. The molecule has 0 aromatic heterocycles. The smallest absolute Gasteiger partial charge is 0.353 e. The van der Waals surface area contributed by atoms with Crippen LogP contribution in [0.3, 0.4) is 0 Å². The lowest BCUT2D eigenvalue weighted by molar-refractivity contribution is 0.171. The van der Waals surface area contributed by atoms with Gasteiger partial charge in [0.25, 0.3) is 0 Å². The molecule has 0 saturated carbocycles. The molecule has 8 heteroatoms. The van der Waals surface area contributed by atoms with Crippen molar-refractivity contribution in [3.63, 3.8) is 0 Å². The molecule has 2 unspecified atom stereocenters. The molecule has 1 aliphatic carbocycles. The molecule has 0 fully saturated rings. The molecule has 3 rings (SSSR count). The van der Waals surface area contributed by atoms with Crippen molar-refractivity contribution in [2.45, 2.75) is 18.2 Å². The van der Waals surface area contributed by atoms with Gasteiger partial charge in [0.05, 0.1) is 5.92 Å². The first-order valence-corrected chi connectivity index (χ1v) is 7.63. The maximum Gasteiger partial charge on any atom is 0.353 e. The third-order valence-corrected chi connectivity index (χ3v) is 4.35. The van der Waals surface area contributed by atoms with E-state index in [1.54, 1.807) is 6.26 Å². The van der Waals surface area contributed by atoms with E-state index in [0.717, 1.165) is 18.4 Å². The van der Waals surface area contributed by atoms with E-state index in [1.165, 1.54) is 29.3 Å². The average molecular weight is 319 g/mol. The third-order valence-electron chi connectivity index (χ3n) is 3.45. The summed E-state index contributed by atoms with van der Waals surface area (Å²) in [4.78, 5) is 11.9. The monoisotopic (exact) mass is 319 g/mol. The number of carbonyl (C=O) groups is 1. The fourth-order valence-electron chi connectivity index (χ4n) is 2.47. The van der Waals surface area contributed by atoms with Crippen LogP contribution in [0, 0.1) is 5.92 Å². The predicted octanol–water partition coefficient (Wildman–Crippen LogP) is 2.02. The summed E-state index contributed by atoms with van der Waals surface area (Å²) in [7, 11) is 0. The minimum atomic E-state index is -0.493. The molecular formula is C14H15N4O3S. The Morgan fingerprint density at radius 2 is 2.50 bits per heavy atom. The van der Waals surface area contributed by atoms with Crippen LogP contribution in [0.15, 0.2) is 53.4 Å². The molecule has 2 amide bonds. The average Bonchev–Trinajstić information content (AvgIpc) is 3.06. The maximum absolute atomic E-state index is 11.9. The van der Waals surface area contributed by atoms with E-state index in [0.29, 0.717) is 5.76 Å². The summed E-state index contributed by atoms with van der Waals surface area (Å²) in [5.74, 6) is 5.65. The van der Waals surface area contributed by atoms with Crippen LogP contribution in [-0.4, -0.2) is 22.0 Å². The van der Waals surface area contributed by atoms with Gasteiger partial charge < -0.3 is 9.47 Å². The van der Waals surface area contributed by atoms with Crippen LogP contribution in [0.4, 0.5) is 4.79 Å². The molecule has 3 aliphatic rings. The van der Waals surface area contributed by atoms with Gasteiger partial charge in [-0.25, -0.2) is 10.6 Å². The highest BCUT2D eigenvalue weighted by molar-refractivity contribution is 8.12. The topological polar surface area (TPSA) is 89.2 Å². The molecule has 2 aliphatic heterocycles.